The van der Waals surface area contributed by atoms with Crippen molar-refractivity contribution in [3.63, 3.8) is 0 Å². The summed E-state index contributed by atoms with van der Waals surface area (Å²) in [4.78, 5) is 23.9. The number of carbonyl (C=O) groups is 2. The van der Waals surface area contributed by atoms with E-state index >= 15 is 0 Å². The van der Waals surface area contributed by atoms with E-state index in [2.05, 4.69) is 10.4 Å². The van der Waals surface area contributed by atoms with Crippen molar-refractivity contribution in [2.24, 2.45) is 0 Å². The minimum atomic E-state index is -0.656. The van der Waals surface area contributed by atoms with Crippen LogP contribution < -0.4 is 10.1 Å². The van der Waals surface area contributed by atoms with Crippen molar-refractivity contribution >= 4 is 17.9 Å². The molecule has 0 spiro atoms. The zero-order valence-electron chi connectivity index (χ0n) is 14.9. The molecule has 0 unspecified atom stereocenters. The van der Waals surface area contributed by atoms with Gasteiger partial charge in [-0.15, -0.1) is 0 Å². The fourth-order valence-corrected chi connectivity index (χ4v) is 2.06. The number of hydrogen-bond acceptors (Lipinski definition) is 5. The number of hydrogen-bond donors (Lipinski definition) is 1. The number of nitrogens with zero attached hydrogens (tertiary/aromatic N) is 2. The second-order valence-electron chi connectivity index (χ2n) is 6.46. The molecule has 0 fully saturated rings. The molecular weight excluding hydrogens is 322 g/mol. The predicted octanol–water partition coefficient (Wildman–Crippen LogP) is 3.35. The van der Waals surface area contributed by atoms with E-state index in [4.69, 9.17) is 9.47 Å². The van der Waals surface area contributed by atoms with Crippen LogP contribution in [0, 0.1) is 0 Å². The topological polar surface area (TPSA) is 82.5 Å². The van der Waals surface area contributed by atoms with E-state index in [1.165, 1.54) is 4.68 Å². The molecule has 134 valence electrons. The Morgan fingerprint density at radius 2 is 1.88 bits per heavy atom. The molecule has 1 amide bonds. The van der Waals surface area contributed by atoms with Crippen molar-refractivity contribution in [3.05, 3.63) is 42.1 Å². The Bertz CT molecular complexity index is 733. The number of aromatic nitrogens is 2. The predicted molar refractivity (Wildman–Crippen MR) is 93.6 cm³/mol. The van der Waals surface area contributed by atoms with Gasteiger partial charge in [-0.3, -0.25) is 10.1 Å². The molecule has 1 aromatic heterocycles. The van der Waals surface area contributed by atoms with Gasteiger partial charge in [-0.25, -0.2) is 9.48 Å². The van der Waals surface area contributed by atoms with Crippen LogP contribution in [0.4, 0.5) is 10.6 Å². The quantitative estimate of drug-likeness (QED) is 0.840. The summed E-state index contributed by atoms with van der Waals surface area (Å²) in [7, 11) is 0. The van der Waals surface area contributed by atoms with Gasteiger partial charge < -0.3 is 9.47 Å². The lowest BCUT2D eigenvalue weighted by Gasteiger charge is -2.14. The number of ether oxygens (including phenoxy) is 2. The molecule has 2 aromatic rings. The van der Waals surface area contributed by atoms with Crippen molar-refractivity contribution in [2.45, 2.75) is 39.7 Å². The summed E-state index contributed by atoms with van der Waals surface area (Å²) in [6.45, 7) is 7.91. The molecule has 1 aromatic carbocycles. The molecule has 0 bridgehead atoms. The summed E-state index contributed by atoms with van der Waals surface area (Å²) in [5.74, 6) is 0.372. The van der Waals surface area contributed by atoms with Crippen LogP contribution in [0.2, 0.25) is 0 Å². The molecule has 0 aliphatic rings. The molecule has 0 atom stereocenters. The van der Waals surface area contributed by atoms with E-state index in [0.29, 0.717) is 11.6 Å². The van der Waals surface area contributed by atoms with E-state index < -0.39 is 12.1 Å². The first-order chi connectivity index (χ1) is 11.8. The second-order valence-corrected chi connectivity index (χ2v) is 6.46. The van der Waals surface area contributed by atoms with Gasteiger partial charge in [0.1, 0.15) is 18.1 Å². The molecular formula is C18H23N3O4. The molecule has 1 heterocycles. The molecule has 7 nitrogen and oxygen atoms in total. The number of benzene rings is 1. The van der Waals surface area contributed by atoms with Gasteiger partial charge in [0.15, 0.2) is 0 Å². The standard InChI is InChI=1S/C18H23N3O4/c1-5-24-16(22)12-21-15(11-14(20-21)18(2,3)4)19-17(23)25-13-9-7-6-8-10-13/h6-11H,5,12H2,1-4H3,(H,19,23). The molecule has 0 aliphatic carbocycles. The lowest BCUT2D eigenvalue weighted by atomic mass is 9.92. The SMILES string of the molecule is CCOC(=O)Cn1nc(C(C)(C)C)cc1NC(=O)Oc1ccccc1. The highest BCUT2D eigenvalue weighted by Gasteiger charge is 2.22. The van der Waals surface area contributed by atoms with Gasteiger partial charge in [0, 0.05) is 11.5 Å². The zero-order valence-corrected chi connectivity index (χ0v) is 14.9. The number of nitrogens with one attached hydrogen (secondary N) is 1. The second kappa shape index (κ2) is 7.83. The van der Waals surface area contributed by atoms with Gasteiger partial charge in [0.2, 0.25) is 0 Å². The van der Waals surface area contributed by atoms with Gasteiger partial charge in [0.25, 0.3) is 0 Å². The molecule has 25 heavy (non-hydrogen) atoms. The Hall–Kier alpha value is -2.83. The van der Waals surface area contributed by atoms with Crippen molar-refractivity contribution in [1.82, 2.24) is 9.78 Å². The van der Waals surface area contributed by atoms with Crippen LogP contribution in [0.15, 0.2) is 36.4 Å². The Morgan fingerprint density at radius 1 is 1.20 bits per heavy atom. The van der Waals surface area contributed by atoms with Crippen LogP contribution >= 0.6 is 0 Å². The van der Waals surface area contributed by atoms with E-state index in [1.54, 1.807) is 37.3 Å². The fraction of sp³-hybridized carbons (Fsp3) is 0.389. The third-order valence-corrected chi connectivity index (χ3v) is 3.32. The summed E-state index contributed by atoms with van der Waals surface area (Å²) >= 11 is 0. The van der Waals surface area contributed by atoms with E-state index in [0.717, 1.165) is 5.69 Å². The van der Waals surface area contributed by atoms with Crippen molar-refractivity contribution in [1.29, 1.82) is 0 Å². The highest BCUT2D eigenvalue weighted by Crippen LogP contribution is 2.24. The number of esters is 1. The van der Waals surface area contributed by atoms with Gasteiger partial charge in [-0.1, -0.05) is 39.0 Å². The highest BCUT2D eigenvalue weighted by molar-refractivity contribution is 5.85. The largest absolute Gasteiger partial charge is 0.465 e. The minimum absolute atomic E-state index is 0.0924. The fourth-order valence-electron chi connectivity index (χ4n) is 2.06. The van der Waals surface area contributed by atoms with Crippen LogP contribution in [0.25, 0.3) is 0 Å². The highest BCUT2D eigenvalue weighted by atomic mass is 16.6. The maximum Gasteiger partial charge on any atom is 0.418 e. The Morgan fingerprint density at radius 3 is 2.48 bits per heavy atom. The average molecular weight is 345 g/mol. The van der Waals surface area contributed by atoms with Crippen LogP contribution in [-0.4, -0.2) is 28.4 Å². The van der Waals surface area contributed by atoms with Crippen LogP contribution in [0.5, 0.6) is 5.75 Å². The first kappa shape index (κ1) is 18.5. The molecule has 2 rings (SSSR count). The molecule has 7 heteroatoms. The summed E-state index contributed by atoms with van der Waals surface area (Å²) in [6.07, 6.45) is -0.656. The molecule has 0 radical (unpaired) electrons. The Balaban J connectivity index is 2.17. The lowest BCUT2D eigenvalue weighted by Crippen LogP contribution is -2.22. The molecule has 0 saturated carbocycles. The third kappa shape index (κ3) is 5.34. The summed E-state index contributed by atoms with van der Waals surface area (Å²) in [6, 6.07) is 10.4. The van der Waals surface area contributed by atoms with Crippen molar-refractivity contribution in [3.8, 4) is 5.75 Å². The normalized spacial score (nSPS) is 11.0. The lowest BCUT2D eigenvalue weighted by molar-refractivity contribution is -0.144. The van der Waals surface area contributed by atoms with E-state index in [9.17, 15) is 9.59 Å². The minimum Gasteiger partial charge on any atom is -0.465 e. The van der Waals surface area contributed by atoms with E-state index in [-0.39, 0.29) is 18.6 Å². The monoisotopic (exact) mass is 345 g/mol. The first-order valence-electron chi connectivity index (χ1n) is 8.07. The Labute approximate surface area is 146 Å². The zero-order chi connectivity index (χ0) is 18.4. The number of anilines is 1. The molecule has 0 saturated heterocycles. The smallest absolute Gasteiger partial charge is 0.418 e. The number of amides is 1. The summed E-state index contributed by atoms with van der Waals surface area (Å²) < 4.78 is 11.6. The summed E-state index contributed by atoms with van der Waals surface area (Å²) in [5.41, 5.74) is 0.506. The maximum atomic E-state index is 12.1. The molecule has 1 N–H and O–H groups in total. The third-order valence-electron chi connectivity index (χ3n) is 3.32. The number of rotatable bonds is 5. The van der Waals surface area contributed by atoms with Gasteiger partial charge in [-0.05, 0) is 19.1 Å². The number of carbonyl (C=O) groups excluding carboxylic acids is 2. The van der Waals surface area contributed by atoms with Gasteiger partial charge in [-0.2, -0.15) is 5.10 Å². The Kier molecular flexibility index (Phi) is 5.80. The summed E-state index contributed by atoms with van der Waals surface area (Å²) in [5, 5.41) is 7.04. The van der Waals surface area contributed by atoms with Crippen LogP contribution in [0.1, 0.15) is 33.4 Å². The van der Waals surface area contributed by atoms with Gasteiger partial charge in [0.05, 0.1) is 12.3 Å². The van der Waals surface area contributed by atoms with Crippen LogP contribution in [-0.2, 0) is 21.5 Å². The van der Waals surface area contributed by atoms with Crippen molar-refractivity contribution in [2.75, 3.05) is 11.9 Å². The average Bonchev–Trinajstić information content (AvgIpc) is 2.91. The van der Waals surface area contributed by atoms with Crippen molar-refractivity contribution < 1.29 is 19.1 Å². The van der Waals surface area contributed by atoms with Crippen LogP contribution in [0.3, 0.4) is 0 Å². The van der Waals surface area contributed by atoms with Gasteiger partial charge >= 0.3 is 12.1 Å². The maximum absolute atomic E-state index is 12.1. The number of para-hydroxylation sites is 1. The van der Waals surface area contributed by atoms with E-state index in [1.807, 2.05) is 26.8 Å². The first-order valence-corrected chi connectivity index (χ1v) is 8.07. The molecule has 0 aliphatic heterocycles.